The summed E-state index contributed by atoms with van der Waals surface area (Å²) in [6.45, 7) is 1.40. The third-order valence-corrected chi connectivity index (χ3v) is 5.53. The molecule has 0 bridgehead atoms. The molecule has 1 saturated heterocycles. The minimum absolute atomic E-state index is 0.0607. The zero-order chi connectivity index (χ0) is 18.1. The summed E-state index contributed by atoms with van der Waals surface area (Å²) in [7, 11) is 0. The maximum atomic E-state index is 13.3. The van der Waals surface area contributed by atoms with E-state index in [1.165, 1.54) is 0 Å². The molecule has 136 valence electrons. The van der Waals surface area contributed by atoms with Gasteiger partial charge in [-0.1, -0.05) is 18.2 Å². The fraction of sp³-hybridized carbons (Fsp3) is 0.476. The molecule has 1 aromatic heterocycles. The number of carbonyl (C=O) groups excluding carboxylic acids is 1. The van der Waals surface area contributed by atoms with Crippen LogP contribution in [0.3, 0.4) is 0 Å². The summed E-state index contributed by atoms with van der Waals surface area (Å²) in [6, 6.07) is 9.84. The SMILES string of the molecule is O=C(O)CCC1CCCN(C(=O)c2cc(C3CC3)nc3ccccc23)C1. The monoisotopic (exact) mass is 352 g/mol. The normalized spacial score (nSPS) is 20.3. The molecule has 0 spiro atoms. The van der Waals surface area contributed by atoms with Crippen LogP contribution in [0.25, 0.3) is 10.9 Å². The molecule has 1 aliphatic carbocycles. The average molecular weight is 352 g/mol. The first-order valence-electron chi connectivity index (χ1n) is 9.52. The fourth-order valence-electron chi connectivity index (χ4n) is 3.94. The van der Waals surface area contributed by atoms with Gasteiger partial charge in [0.15, 0.2) is 0 Å². The molecule has 1 N–H and O–H groups in total. The van der Waals surface area contributed by atoms with Crippen molar-refractivity contribution < 1.29 is 14.7 Å². The number of carbonyl (C=O) groups is 2. The second kappa shape index (κ2) is 7.06. The zero-order valence-corrected chi connectivity index (χ0v) is 14.9. The van der Waals surface area contributed by atoms with Gasteiger partial charge in [0.05, 0.1) is 11.1 Å². The number of likely N-dealkylation sites (tertiary alicyclic amines) is 1. The lowest BCUT2D eigenvalue weighted by atomic mass is 9.92. The van der Waals surface area contributed by atoms with Gasteiger partial charge in [-0.25, -0.2) is 0 Å². The third-order valence-electron chi connectivity index (χ3n) is 5.53. The summed E-state index contributed by atoms with van der Waals surface area (Å²) in [6.07, 6.45) is 5.07. The third kappa shape index (κ3) is 3.57. The first-order chi connectivity index (χ1) is 12.6. The van der Waals surface area contributed by atoms with Crippen molar-refractivity contribution in [3.63, 3.8) is 0 Å². The molecular formula is C21H24N2O3. The summed E-state index contributed by atoms with van der Waals surface area (Å²) >= 11 is 0. The Kier molecular flexibility index (Phi) is 4.62. The molecule has 2 aliphatic rings. The first kappa shape index (κ1) is 17.0. The van der Waals surface area contributed by atoms with Gasteiger partial charge in [0, 0.05) is 36.5 Å². The summed E-state index contributed by atoms with van der Waals surface area (Å²) in [5.41, 5.74) is 2.67. The van der Waals surface area contributed by atoms with E-state index in [1.54, 1.807) is 0 Å². The Morgan fingerprint density at radius 2 is 2.00 bits per heavy atom. The topological polar surface area (TPSA) is 70.5 Å². The number of carboxylic acid groups (broad SMARTS) is 1. The van der Waals surface area contributed by atoms with Gasteiger partial charge < -0.3 is 10.0 Å². The Bertz CT molecular complexity index is 844. The minimum Gasteiger partial charge on any atom is -0.481 e. The molecule has 4 rings (SSSR count). The van der Waals surface area contributed by atoms with Crippen molar-refractivity contribution in [2.45, 2.75) is 44.4 Å². The number of benzene rings is 1. The number of aromatic nitrogens is 1. The van der Waals surface area contributed by atoms with E-state index in [1.807, 2.05) is 35.2 Å². The molecular weight excluding hydrogens is 328 g/mol. The Labute approximate surface area is 153 Å². The highest BCUT2D eigenvalue weighted by Gasteiger charge is 2.29. The molecule has 1 unspecified atom stereocenters. The number of piperidine rings is 1. The van der Waals surface area contributed by atoms with Crippen molar-refractivity contribution in [3.8, 4) is 0 Å². The summed E-state index contributed by atoms with van der Waals surface area (Å²) < 4.78 is 0. The van der Waals surface area contributed by atoms with E-state index in [0.717, 1.165) is 54.4 Å². The van der Waals surface area contributed by atoms with Crippen molar-refractivity contribution in [2.75, 3.05) is 13.1 Å². The Balaban J connectivity index is 1.60. The number of rotatable bonds is 5. The highest BCUT2D eigenvalue weighted by Crippen LogP contribution is 2.40. The highest BCUT2D eigenvalue weighted by atomic mass is 16.4. The van der Waals surface area contributed by atoms with Crippen LogP contribution in [0.2, 0.25) is 0 Å². The first-order valence-corrected chi connectivity index (χ1v) is 9.52. The van der Waals surface area contributed by atoms with E-state index in [9.17, 15) is 9.59 Å². The number of nitrogens with zero attached hydrogens (tertiary/aromatic N) is 2. The Morgan fingerprint density at radius 3 is 2.77 bits per heavy atom. The second-order valence-corrected chi connectivity index (χ2v) is 7.58. The number of aliphatic carboxylic acids is 1. The second-order valence-electron chi connectivity index (χ2n) is 7.58. The molecule has 2 heterocycles. The molecule has 1 amide bonds. The standard InChI is InChI=1S/C21H24N2O3/c24-20(25)10-7-14-4-3-11-23(13-14)21(26)17-12-19(15-8-9-15)22-18-6-2-1-5-16(17)18/h1-2,5-6,12,14-15H,3-4,7-11,13H2,(H,24,25). The molecule has 5 nitrogen and oxygen atoms in total. The number of fused-ring (bicyclic) bond motifs is 1. The number of para-hydroxylation sites is 1. The molecule has 1 aromatic carbocycles. The quantitative estimate of drug-likeness (QED) is 0.888. The van der Waals surface area contributed by atoms with Crippen LogP contribution in [-0.4, -0.2) is 40.0 Å². The highest BCUT2D eigenvalue weighted by molar-refractivity contribution is 6.06. The van der Waals surface area contributed by atoms with Crippen LogP contribution in [0, 0.1) is 5.92 Å². The Morgan fingerprint density at radius 1 is 1.19 bits per heavy atom. The molecule has 0 radical (unpaired) electrons. The van der Waals surface area contributed by atoms with Crippen molar-refractivity contribution in [1.82, 2.24) is 9.88 Å². The largest absolute Gasteiger partial charge is 0.481 e. The fourth-order valence-corrected chi connectivity index (χ4v) is 3.94. The maximum Gasteiger partial charge on any atom is 0.303 e. The molecule has 2 aromatic rings. The molecule has 5 heteroatoms. The van der Waals surface area contributed by atoms with Crippen LogP contribution in [0.5, 0.6) is 0 Å². The van der Waals surface area contributed by atoms with E-state index in [4.69, 9.17) is 10.1 Å². The van der Waals surface area contributed by atoms with Crippen LogP contribution in [0.4, 0.5) is 0 Å². The summed E-state index contributed by atoms with van der Waals surface area (Å²) in [5, 5.41) is 9.83. The van der Waals surface area contributed by atoms with Gasteiger partial charge in [0.25, 0.3) is 5.91 Å². The maximum absolute atomic E-state index is 13.3. The van der Waals surface area contributed by atoms with E-state index in [-0.39, 0.29) is 18.2 Å². The van der Waals surface area contributed by atoms with Gasteiger partial charge in [-0.05, 0) is 50.2 Å². The lowest BCUT2D eigenvalue weighted by molar-refractivity contribution is -0.137. The van der Waals surface area contributed by atoms with E-state index in [2.05, 4.69) is 0 Å². The van der Waals surface area contributed by atoms with Gasteiger partial charge in [-0.3, -0.25) is 14.6 Å². The minimum atomic E-state index is -0.761. The predicted octanol–water partition coefficient (Wildman–Crippen LogP) is 3.83. The average Bonchev–Trinajstić information content (AvgIpc) is 3.50. The van der Waals surface area contributed by atoms with Crippen LogP contribution >= 0.6 is 0 Å². The summed E-state index contributed by atoms with van der Waals surface area (Å²) in [4.78, 5) is 30.8. The molecule has 1 aliphatic heterocycles. The van der Waals surface area contributed by atoms with Gasteiger partial charge in [0.2, 0.25) is 0 Å². The van der Waals surface area contributed by atoms with Crippen molar-refractivity contribution >= 4 is 22.8 Å². The van der Waals surface area contributed by atoms with Crippen LogP contribution < -0.4 is 0 Å². The van der Waals surface area contributed by atoms with Crippen molar-refractivity contribution in [3.05, 3.63) is 41.6 Å². The lowest BCUT2D eigenvalue weighted by Crippen LogP contribution is -2.40. The number of amides is 1. The van der Waals surface area contributed by atoms with Crippen LogP contribution in [0.15, 0.2) is 30.3 Å². The summed E-state index contributed by atoms with van der Waals surface area (Å²) in [5.74, 6) is 0.0730. The number of carboxylic acids is 1. The lowest BCUT2D eigenvalue weighted by Gasteiger charge is -2.33. The predicted molar refractivity (Wildman–Crippen MR) is 99.2 cm³/mol. The van der Waals surface area contributed by atoms with Gasteiger partial charge in [0.1, 0.15) is 0 Å². The van der Waals surface area contributed by atoms with Gasteiger partial charge in [-0.15, -0.1) is 0 Å². The van der Waals surface area contributed by atoms with Crippen molar-refractivity contribution in [2.24, 2.45) is 5.92 Å². The van der Waals surface area contributed by atoms with Crippen LogP contribution in [0.1, 0.15) is 60.5 Å². The van der Waals surface area contributed by atoms with Crippen LogP contribution in [-0.2, 0) is 4.79 Å². The number of pyridine rings is 1. The van der Waals surface area contributed by atoms with E-state index in [0.29, 0.717) is 18.9 Å². The number of hydrogen-bond acceptors (Lipinski definition) is 3. The van der Waals surface area contributed by atoms with Gasteiger partial charge in [-0.2, -0.15) is 0 Å². The zero-order valence-electron chi connectivity index (χ0n) is 14.9. The number of hydrogen-bond donors (Lipinski definition) is 1. The molecule has 26 heavy (non-hydrogen) atoms. The smallest absolute Gasteiger partial charge is 0.303 e. The van der Waals surface area contributed by atoms with E-state index >= 15 is 0 Å². The van der Waals surface area contributed by atoms with Crippen molar-refractivity contribution in [1.29, 1.82) is 0 Å². The molecule has 1 atom stereocenters. The Hall–Kier alpha value is -2.43. The van der Waals surface area contributed by atoms with E-state index < -0.39 is 5.97 Å². The van der Waals surface area contributed by atoms with Gasteiger partial charge >= 0.3 is 5.97 Å². The molecule has 2 fully saturated rings. The molecule has 1 saturated carbocycles.